The largest absolute Gasteiger partial charge is 0.196 e. The van der Waals surface area contributed by atoms with Gasteiger partial charge in [0, 0.05) is 17.3 Å². The van der Waals surface area contributed by atoms with E-state index >= 15 is 0 Å². The van der Waals surface area contributed by atoms with Crippen LogP contribution in [-0.4, -0.2) is 0 Å². The standard InChI is InChI=1S/C26H24N4/c27-12-25(13-28)21-7-3-6-18(21)20-10-19-16-8-9-24(11-16,17-4-1-2-5-17)22(19)23(20)26(25,14-29)15-30/h4,8-9,16,19,21-23H,1-3,5-7,10-11H2/t16-,19-,21+,22+,23+,24+/m1/s1. The van der Waals surface area contributed by atoms with Gasteiger partial charge in [-0.05, 0) is 69.1 Å². The van der Waals surface area contributed by atoms with Crippen molar-refractivity contribution in [2.24, 2.45) is 45.8 Å². The van der Waals surface area contributed by atoms with E-state index in [2.05, 4.69) is 42.5 Å². The molecule has 2 bridgehead atoms. The van der Waals surface area contributed by atoms with E-state index in [1.807, 2.05) is 0 Å². The Bertz CT molecular complexity index is 1080. The van der Waals surface area contributed by atoms with Crippen molar-refractivity contribution in [2.45, 2.75) is 51.4 Å². The highest BCUT2D eigenvalue weighted by Crippen LogP contribution is 2.76. The molecule has 6 rings (SSSR count). The zero-order valence-corrected chi connectivity index (χ0v) is 17.1. The Kier molecular flexibility index (Phi) is 3.39. The molecule has 6 atom stereocenters. The molecule has 4 nitrogen and oxygen atoms in total. The summed E-state index contributed by atoms with van der Waals surface area (Å²) in [7, 11) is 0. The van der Waals surface area contributed by atoms with Crippen LogP contribution in [0.5, 0.6) is 0 Å². The van der Waals surface area contributed by atoms with Gasteiger partial charge in [0.15, 0.2) is 10.8 Å². The van der Waals surface area contributed by atoms with Crippen LogP contribution in [0.4, 0.5) is 0 Å². The van der Waals surface area contributed by atoms with Crippen LogP contribution in [0.2, 0.25) is 0 Å². The van der Waals surface area contributed by atoms with Crippen molar-refractivity contribution in [3.63, 3.8) is 0 Å². The molecule has 0 aromatic heterocycles. The van der Waals surface area contributed by atoms with Crippen LogP contribution < -0.4 is 0 Å². The Hall–Kier alpha value is -2.82. The van der Waals surface area contributed by atoms with Crippen LogP contribution in [0.15, 0.2) is 34.9 Å². The molecule has 0 heterocycles. The van der Waals surface area contributed by atoms with Crippen LogP contribution in [-0.2, 0) is 0 Å². The second kappa shape index (κ2) is 5.65. The molecular weight excluding hydrogens is 368 g/mol. The molecular formula is C26H24N4. The fraction of sp³-hybridized carbons (Fsp3) is 0.615. The molecule has 0 aromatic rings. The highest BCUT2D eigenvalue weighted by Gasteiger charge is 2.75. The first-order valence-electron chi connectivity index (χ1n) is 11.4. The lowest BCUT2D eigenvalue weighted by Crippen LogP contribution is -2.54. The van der Waals surface area contributed by atoms with Crippen LogP contribution in [0, 0.1) is 91.2 Å². The third-order valence-electron chi connectivity index (χ3n) is 9.74. The summed E-state index contributed by atoms with van der Waals surface area (Å²) in [5.74, 6) is 0.534. The third-order valence-corrected chi connectivity index (χ3v) is 9.74. The van der Waals surface area contributed by atoms with Gasteiger partial charge in [-0.15, -0.1) is 0 Å². The molecule has 0 spiro atoms. The first-order valence-corrected chi connectivity index (χ1v) is 11.4. The summed E-state index contributed by atoms with van der Waals surface area (Å²) < 4.78 is 0. The fourth-order valence-electron chi connectivity index (χ4n) is 8.76. The number of nitrogens with zero attached hydrogens (tertiary/aromatic N) is 4. The predicted octanol–water partition coefficient (Wildman–Crippen LogP) is 5.10. The molecule has 0 N–H and O–H groups in total. The van der Waals surface area contributed by atoms with Gasteiger partial charge in [0.05, 0.1) is 24.3 Å². The molecule has 6 aliphatic carbocycles. The number of hydrogen-bond acceptors (Lipinski definition) is 4. The van der Waals surface area contributed by atoms with Gasteiger partial charge >= 0.3 is 0 Å². The summed E-state index contributed by atoms with van der Waals surface area (Å²) in [4.78, 5) is 0. The summed E-state index contributed by atoms with van der Waals surface area (Å²) >= 11 is 0. The zero-order valence-electron chi connectivity index (χ0n) is 17.1. The van der Waals surface area contributed by atoms with E-state index in [1.165, 1.54) is 23.1 Å². The second-order valence-corrected chi connectivity index (χ2v) is 10.3. The van der Waals surface area contributed by atoms with Crippen molar-refractivity contribution < 1.29 is 0 Å². The topological polar surface area (TPSA) is 95.2 Å². The number of rotatable bonds is 1. The first kappa shape index (κ1) is 18.0. The molecule has 0 aliphatic heterocycles. The summed E-state index contributed by atoms with van der Waals surface area (Å²) in [6.45, 7) is 0. The molecule has 0 aromatic carbocycles. The molecule has 4 heteroatoms. The Morgan fingerprint density at radius 2 is 1.67 bits per heavy atom. The maximum absolute atomic E-state index is 10.5. The SMILES string of the molecule is N#CC1(C#N)[C@H]2CCCC2=C2C[C@H]3[C@@H]([C@H]2C1(C#N)C#N)[C@@]1(C2=CCCC2)C=C[C@@H]3C1. The van der Waals surface area contributed by atoms with Crippen molar-refractivity contribution in [1.82, 2.24) is 0 Å². The van der Waals surface area contributed by atoms with E-state index in [9.17, 15) is 21.0 Å². The minimum Gasteiger partial charge on any atom is -0.196 e. The van der Waals surface area contributed by atoms with Crippen LogP contribution in [0.1, 0.15) is 51.4 Å². The van der Waals surface area contributed by atoms with Crippen molar-refractivity contribution in [1.29, 1.82) is 21.0 Å². The molecule has 3 saturated carbocycles. The molecule has 3 fully saturated rings. The minimum absolute atomic E-state index is 0.0835. The Balaban J connectivity index is 1.64. The highest BCUT2D eigenvalue weighted by molar-refractivity contribution is 5.53. The van der Waals surface area contributed by atoms with Gasteiger partial charge in [-0.3, -0.25) is 0 Å². The van der Waals surface area contributed by atoms with Crippen LogP contribution >= 0.6 is 0 Å². The summed E-state index contributed by atoms with van der Waals surface area (Å²) in [6, 6.07) is 9.23. The van der Waals surface area contributed by atoms with Crippen molar-refractivity contribution in [3.8, 4) is 24.3 Å². The van der Waals surface area contributed by atoms with Crippen LogP contribution in [0.3, 0.4) is 0 Å². The van der Waals surface area contributed by atoms with Gasteiger partial charge in [0.25, 0.3) is 0 Å². The second-order valence-electron chi connectivity index (χ2n) is 10.3. The molecule has 148 valence electrons. The predicted molar refractivity (Wildman–Crippen MR) is 108 cm³/mol. The molecule has 0 amide bonds. The summed E-state index contributed by atoms with van der Waals surface area (Å²) in [6.07, 6.45) is 15.2. The molecule has 0 unspecified atom stereocenters. The number of nitriles is 4. The van der Waals surface area contributed by atoms with E-state index in [0.717, 1.165) is 44.9 Å². The lowest BCUT2D eigenvalue weighted by Gasteiger charge is -2.50. The van der Waals surface area contributed by atoms with Gasteiger partial charge in [-0.25, -0.2) is 0 Å². The Morgan fingerprint density at radius 1 is 0.900 bits per heavy atom. The minimum atomic E-state index is -1.59. The monoisotopic (exact) mass is 392 g/mol. The molecule has 0 radical (unpaired) electrons. The maximum atomic E-state index is 10.5. The maximum Gasteiger partial charge on any atom is 0.182 e. The van der Waals surface area contributed by atoms with E-state index in [-0.39, 0.29) is 23.2 Å². The average Bonchev–Trinajstić information content (AvgIpc) is 3.57. The Morgan fingerprint density at radius 3 is 2.33 bits per heavy atom. The molecule has 6 aliphatic rings. The molecule has 30 heavy (non-hydrogen) atoms. The normalized spacial score (nSPS) is 43.1. The molecule has 0 saturated heterocycles. The lowest BCUT2D eigenvalue weighted by molar-refractivity contribution is 0.0800. The van der Waals surface area contributed by atoms with E-state index < -0.39 is 10.8 Å². The van der Waals surface area contributed by atoms with E-state index in [4.69, 9.17) is 0 Å². The summed E-state index contributed by atoms with van der Waals surface area (Å²) in [5, 5.41) is 41.7. The number of fused-ring (bicyclic) bond motifs is 8. The van der Waals surface area contributed by atoms with Crippen molar-refractivity contribution in [3.05, 3.63) is 34.9 Å². The van der Waals surface area contributed by atoms with E-state index in [0.29, 0.717) is 11.8 Å². The Labute approximate surface area is 177 Å². The highest BCUT2D eigenvalue weighted by atomic mass is 14.8. The van der Waals surface area contributed by atoms with Crippen molar-refractivity contribution >= 4 is 0 Å². The first-order chi connectivity index (χ1) is 14.6. The fourth-order valence-corrected chi connectivity index (χ4v) is 8.76. The van der Waals surface area contributed by atoms with Gasteiger partial charge in [0.2, 0.25) is 0 Å². The number of allylic oxidation sites excluding steroid dienone is 6. The van der Waals surface area contributed by atoms with Crippen LogP contribution in [0.25, 0.3) is 0 Å². The quantitative estimate of drug-likeness (QED) is 0.580. The zero-order chi connectivity index (χ0) is 20.7. The van der Waals surface area contributed by atoms with Gasteiger partial charge in [0.1, 0.15) is 0 Å². The smallest absolute Gasteiger partial charge is 0.182 e. The van der Waals surface area contributed by atoms with Gasteiger partial charge in [-0.1, -0.05) is 34.9 Å². The average molecular weight is 393 g/mol. The third kappa shape index (κ3) is 1.66. The van der Waals surface area contributed by atoms with Gasteiger partial charge in [-0.2, -0.15) is 21.0 Å². The number of hydrogen-bond donors (Lipinski definition) is 0. The van der Waals surface area contributed by atoms with E-state index in [1.54, 1.807) is 0 Å². The summed E-state index contributed by atoms with van der Waals surface area (Å²) in [5.41, 5.74) is 0.788. The van der Waals surface area contributed by atoms with Gasteiger partial charge < -0.3 is 0 Å². The lowest BCUT2D eigenvalue weighted by atomic mass is 9.46. The van der Waals surface area contributed by atoms with Crippen molar-refractivity contribution in [2.75, 3.05) is 0 Å².